The van der Waals surface area contributed by atoms with Gasteiger partial charge in [0.05, 0.1) is 5.69 Å². The molecule has 1 aliphatic heterocycles. The number of piperazine rings is 1. The third-order valence-electron chi connectivity index (χ3n) is 6.62. The summed E-state index contributed by atoms with van der Waals surface area (Å²) in [6, 6.07) is 1.82. The number of nitrogens with one attached hydrogen (secondary N) is 2. The summed E-state index contributed by atoms with van der Waals surface area (Å²) in [4.78, 5) is 9.31. The van der Waals surface area contributed by atoms with E-state index in [0.29, 0.717) is 31.2 Å². The lowest BCUT2D eigenvalue weighted by Gasteiger charge is -2.32. The van der Waals surface area contributed by atoms with Crippen molar-refractivity contribution >= 4 is 22.7 Å². The predicted octanol–water partition coefficient (Wildman–Crippen LogP) is 1.59. The van der Waals surface area contributed by atoms with Crippen LogP contribution in [0.25, 0.3) is 5.69 Å². The summed E-state index contributed by atoms with van der Waals surface area (Å²) in [6.45, 7) is 10.3. The van der Waals surface area contributed by atoms with Gasteiger partial charge in [-0.3, -0.25) is 4.57 Å². The molecule has 31 heavy (non-hydrogen) atoms. The quantitative estimate of drug-likeness (QED) is 0.625. The molecule has 170 valence electrons. The zero-order chi connectivity index (χ0) is 22.2. The van der Waals surface area contributed by atoms with Crippen molar-refractivity contribution in [3.05, 3.63) is 23.9 Å². The third kappa shape index (κ3) is 4.32. The molecule has 2 aliphatic rings. The molecule has 0 radical (unpaired) electrons. The van der Waals surface area contributed by atoms with E-state index in [9.17, 15) is 8.42 Å². The van der Waals surface area contributed by atoms with Crippen molar-refractivity contribution < 1.29 is 8.42 Å². The summed E-state index contributed by atoms with van der Waals surface area (Å²) >= 11 is 0. The molecule has 2 aromatic rings. The van der Waals surface area contributed by atoms with Crippen molar-refractivity contribution in [3.63, 3.8) is 0 Å². The largest absolute Gasteiger partial charge is 0.345 e. The van der Waals surface area contributed by atoms with Gasteiger partial charge in [-0.15, -0.1) is 10.2 Å². The number of nitrogens with zero attached hydrogens (tertiary/aromatic N) is 6. The van der Waals surface area contributed by atoms with Crippen molar-refractivity contribution in [1.29, 1.82) is 0 Å². The fourth-order valence-corrected chi connectivity index (χ4v) is 6.28. The number of rotatable bonds is 7. The number of aromatic nitrogens is 4. The number of aliphatic imine (C=N–C) groups is 1. The standard InChI is InChI=1S/C20H32N8O2S/c1-5-15-12-16(25-31(29,30)27-10-8-26(4)9-11-27)13-17(15)20-24-23-14(2)28(20)18-6-7-22-19(18)21-3/h6-7,15-17,22,25H,3,5,8-13H2,1-2,4H3/t15-,16+,17+/m1/s1. The van der Waals surface area contributed by atoms with Gasteiger partial charge in [0, 0.05) is 44.3 Å². The van der Waals surface area contributed by atoms with Crippen LogP contribution in [0.5, 0.6) is 0 Å². The van der Waals surface area contributed by atoms with E-state index in [1.165, 1.54) is 0 Å². The predicted molar refractivity (Wildman–Crippen MR) is 120 cm³/mol. The molecule has 3 atom stereocenters. The molecule has 0 spiro atoms. The molecular formula is C20H32N8O2S. The van der Waals surface area contributed by atoms with E-state index in [2.05, 4.69) is 43.4 Å². The van der Waals surface area contributed by atoms with Gasteiger partial charge in [0.1, 0.15) is 11.6 Å². The van der Waals surface area contributed by atoms with Crippen LogP contribution in [0.1, 0.15) is 43.8 Å². The van der Waals surface area contributed by atoms with Crippen LogP contribution in [0.15, 0.2) is 17.3 Å². The highest BCUT2D eigenvalue weighted by Crippen LogP contribution is 2.42. The maximum absolute atomic E-state index is 13.0. The molecule has 2 N–H and O–H groups in total. The molecule has 0 aromatic carbocycles. The Morgan fingerprint density at radius 1 is 1.26 bits per heavy atom. The zero-order valence-electron chi connectivity index (χ0n) is 18.5. The van der Waals surface area contributed by atoms with Gasteiger partial charge in [0.15, 0.2) is 5.82 Å². The van der Waals surface area contributed by atoms with Gasteiger partial charge in [-0.2, -0.15) is 17.4 Å². The highest BCUT2D eigenvalue weighted by atomic mass is 32.2. The molecule has 1 saturated heterocycles. The average molecular weight is 449 g/mol. The third-order valence-corrected chi connectivity index (χ3v) is 8.30. The summed E-state index contributed by atoms with van der Waals surface area (Å²) < 4.78 is 32.5. The molecule has 0 bridgehead atoms. The number of H-pyrrole nitrogens is 1. The Bertz CT molecular complexity index is 1020. The SMILES string of the molecule is C=Nc1[nH]ccc1-n1c(C)nnc1[C@H]1C[C@@H](NS(=O)(=O)N2CCN(C)CC2)C[C@H]1CC. The lowest BCUT2D eigenvalue weighted by molar-refractivity contribution is 0.220. The summed E-state index contributed by atoms with van der Waals surface area (Å²) in [5, 5.41) is 8.83. The van der Waals surface area contributed by atoms with E-state index in [1.807, 2.05) is 30.8 Å². The van der Waals surface area contributed by atoms with Crippen LogP contribution in [0.2, 0.25) is 0 Å². The fraction of sp³-hybridized carbons (Fsp3) is 0.650. The second-order valence-electron chi connectivity index (χ2n) is 8.58. The lowest BCUT2D eigenvalue weighted by atomic mass is 9.93. The molecular weight excluding hydrogens is 416 g/mol. The van der Waals surface area contributed by atoms with Gasteiger partial charge >= 0.3 is 0 Å². The smallest absolute Gasteiger partial charge is 0.279 e. The maximum atomic E-state index is 13.0. The van der Waals surface area contributed by atoms with Gasteiger partial charge in [-0.05, 0) is 45.5 Å². The highest BCUT2D eigenvalue weighted by Gasteiger charge is 2.40. The minimum absolute atomic E-state index is 0.110. The second-order valence-corrected chi connectivity index (χ2v) is 10.3. The first kappa shape index (κ1) is 22.1. The summed E-state index contributed by atoms with van der Waals surface area (Å²) in [7, 11) is -1.49. The van der Waals surface area contributed by atoms with E-state index >= 15 is 0 Å². The van der Waals surface area contributed by atoms with Gasteiger partial charge in [-0.1, -0.05) is 13.3 Å². The van der Waals surface area contributed by atoms with E-state index in [0.717, 1.165) is 43.3 Å². The van der Waals surface area contributed by atoms with Crippen LogP contribution in [0, 0.1) is 12.8 Å². The van der Waals surface area contributed by atoms with Crippen molar-refractivity contribution in [2.24, 2.45) is 10.9 Å². The molecule has 10 nitrogen and oxygen atoms in total. The van der Waals surface area contributed by atoms with Gasteiger partial charge in [0.2, 0.25) is 0 Å². The molecule has 1 aliphatic carbocycles. The zero-order valence-corrected chi connectivity index (χ0v) is 19.3. The van der Waals surface area contributed by atoms with E-state index < -0.39 is 10.2 Å². The lowest BCUT2D eigenvalue weighted by Crippen LogP contribution is -2.52. The Morgan fingerprint density at radius 3 is 2.68 bits per heavy atom. The van der Waals surface area contributed by atoms with Crippen LogP contribution in [-0.4, -0.2) is 83.4 Å². The number of aryl methyl sites for hydroxylation is 1. The Morgan fingerprint density at radius 2 is 2.00 bits per heavy atom. The van der Waals surface area contributed by atoms with E-state index in [1.54, 1.807) is 4.31 Å². The van der Waals surface area contributed by atoms with Gasteiger partial charge in [0.25, 0.3) is 10.2 Å². The van der Waals surface area contributed by atoms with Crippen molar-refractivity contribution in [2.75, 3.05) is 33.2 Å². The van der Waals surface area contributed by atoms with Crippen molar-refractivity contribution in [3.8, 4) is 5.69 Å². The number of aromatic amines is 1. The minimum Gasteiger partial charge on any atom is -0.345 e. The Hall–Kier alpha value is -2.08. The van der Waals surface area contributed by atoms with Crippen LogP contribution in [0.4, 0.5) is 5.82 Å². The number of hydrogen-bond acceptors (Lipinski definition) is 6. The summed E-state index contributed by atoms with van der Waals surface area (Å²) in [5.41, 5.74) is 0.865. The second kappa shape index (κ2) is 8.81. The van der Waals surface area contributed by atoms with Crippen LogP contribution in [0.3, 0.4) is 0 Å². The highest BCUT2D eigenvalue weighted by molar-refractivity contribution is 7.87. The Kier molecular flexibility index (Phi) is 6.29. The molecule has 0 unspecified atom stereocenters. The van der Waals surface area contributed by atoms with E-state index in [-0.39, 0.29) is 12.0 Å². The van der Waals surface area contributed by atoms with Crippen molar-refractivity contribution in [1.82, 2.24) is 33.7 Å². The molecule has 0 amide bonds. The van der Waals surface area contributed by atoms with Crippen LogP contribution < -0.4 is 4.72 Å². The first-order chi connectivity index (χ1) is 14.8. The molecule has 2 aromatic heterocycles. The Labute approximate surface area is 183 Å². The summed E-state index contributed by atoms with van der Waals surface area (Å²) in [5.74, 6) is 2.73. The van der Waals surface area contributed by atoms with E-state index in [4.69, 9.17) is 0 Å². The van der Waals surface area contributed by atoms with Crippen molar-refractivity contribution in [2.45, 2.75) is 45.1 Å². The maximum Gasteiger partial charge on any atom is 0.279 e. The van der Waals surface area contributed by atoms with Gasteiger partial charge in [-0.25, -0.2) is 4.99 Å². The summed E-state index contributed by atoms with van der Waals surface area (Å²) in [6.07, 6.45) is 4.26. The molecule has 1 saturated carbocycles. The normalized spacial score (nSPS) is 25.8. The first-order valence-electron chi connectivity index (χ1n) is 10.9. The Balaban J connectivity index is 1.55. The minimum atomic E-state index is -3.50. The number of likely N-dealkylation sites (N-methyl/N-ethyl adjacent to an activating group) is 1. The van der Waals surface area contributed by atoms with Crippen LogP contribution in [-0.2, 0) is 10.2 Å². The fourth-order valence-electron chi connectivity index (χ4n) is 4.88. The molecule has 3 heterocycles. The van der Waals surface area contributed by atoms with Gasteiger partial charge < -0.3 is 9.88 Å². The topological polar surface area (TPSA) is 112 Å². The molecule has 2 fully saturated rings. The number of hydrogen-bond donors (Lipinski definition) is 2. The molecule has 11 heteroatoms. The average Bonchev–Trinajstić information content (AvgIpc) is 3.45. The molecule has 4 rings (SSSR count). The first-order valence-corrected chi connectivity index (χ1v) is 12.3. The monoisotopic (exact) mass is 448 g/mol. The van der Waals surface area contributed by atoms with Crippen LogP contribution >= 0.6 is 0 Å².